The maximum Gasteiger partial charge on any atom is 0.161 e. The van der Waals surface area contributed by atoms with Gasteiger partial charge in [-0.05, 0) is 55.3 Å². The molecule has 0 saturated carbocycles. The van der Waals surface area contributed by atoms with E-state index in [4.69, 9.17) is 15.2 Å². The van der Waals surface area contributed by atoms with Crippen LogP contribution in [0.3, 0.4) is 0 Å². The molecule has 0 radical (unpaired) electrons. The lowest BCUT2D eigenvalue weighted by Gasteiger charge is -2.21. The van der Waals surface area contributed by atoms with Crippen LogP contribution in [0.4, 0.5) is 0 Å². The molecule has 0 aromatic heterocycles. The van der Waals surface area contributed by atoms with Crippen LogP contribution in [0.25, 0.3) is 0 Å². The molecule has 4 heteroatoms. The van der Waals surface area contributed by atoms with Crippen LogP contribution in [0.2, 0.25) is 0 Å². The summed E-state index contributed by atoms with van der Waals surface area (Å²) in [5.41, 5.74) is 6.90. The van der Waals surface area contributed by atoms with Gasteiger partial charge in [-0.25, -0.2) is 0 Å². The van der Waals surface area contributed by atoms with Crippen molar-refractivity contribution in [1.29, 1.82) is 0 Å². The lowest BCUT2D eigenvalue weighted by molar-refractivity contribution is 0.187. The third-order valence-electron chi connectivity index (χ3n) is 3.83. The van der Waals surface area contributed by atoms with Crippen LogP contribution < -0.4 is 15.2 Å². The van der Waals surface area contributed by atoms with Gasteiger partial charge < -0.3 is 20.3 Å². The molecule has 0 fully saturated rings. The number of benzene rings is 1. The first-order valence-corrected chi connectivity index (χ1v) is 8.35. The summed E-state index contributed by atoms with van der Waals surface area (Å²) in [6, 6.07) is 6.12. The minimum Gasteiger partial charge on any atom is -0.490 e. The molecule has 0 amide bonds. The number of nitrogens with two attached hydrogens (primary N) is 1. The monoisotopic (exact) mass is 309 g/mol. The topological polar surface area (TPSA) is 64.7 Å². The van der Waals surface area contributed by atoms with Gasteiger partial charge in [0, 0.05) is 6.61 Å². The van der Waals surface area contributed by atoms with E-state index in [2.05, 4.69) is 32.9 Å². The Morgan fingerprint density at radius 3 is 2.27 bits per heavy atom. The Morgan fingerprint density at radius 1 is 1.09 bits per heavy atom. The van der Waals surface area contributed by atoms with E-state index in [1.165, 1.54) is 5.56 Å². The molecule has 22 heavy (non-hydrogen) atoms. The lowest BCUT2D eigenvalue weighted by atomic mass is 9.89. The second kappa shape index (κ2) is 10.5. The van der Waals surface area contributed by atoms with E-state index >= 15 is 0 Å². The van der Waals surface area contributed by atoms with Crippen molar-refractivity contribution in [3.63, 3.8) is 0 Å². The van der Waals surface area contributed by atoms with Gasteiger partial charge in [0.05, 0.1) is 13.2 Å². The molecular formula is C18H31NO3. The highest BCUT2D eigenvalue weighted by Crippen LogP contribution is 2.30. The number of hydrogen-bond donors (Lipinski definition) is 2. The highest BCUT2D eigenvalue weighted by atomic mass is 16.5. The Kier molecular flexibility index (Phi) is 8.94. The molecule has 0 spiro atoms. The normalized spacial score (nSPS) is 13.7. The Balaban J connectivity index is 2.82. The SMILES string of the molecule is CCCOc1ccc(CC(C)C(CN)CO)cc1OCCC. The summed E-state index contributed by atoms with van der Waals surface area (Å²) in [4.78, 5) is 0. The first-order valence-electron chi connectivity index (χ1n) is 8.35. The van der Waals surface area contributed by atoms with Crippen molar-refractivity contribution in [1.82, 2.24) is 0 Å². The largest absolute Gasteiger partial charge is 0.490 e. The standard InChI is InChI=1S/C18H31NO3/c1-4-8-21-17-7-6-15(11-18(17)22-9-5-2)10-14(3)16(12-19)13-20/h6-7,11,14,16,20H,4-5,8-10,12-13,19H2,1-3H3. The summed E-state index contributed by atoms with van der Waals surface area (Å²) in [6.07, 6.45) is 2.81. The molecule has 3 N–H and O–H groups in total. The van der Waals surface area contributed by atoms with Crippen LogP contribution in [0.5, 0.6) is 11.5 Å². The molecule has 1 aromatic carbocycles. The molecule has 0 heterocycles. The van der Waals surface area contributed by atoms with E-state index in [0.29, 0.717) is 25.7 Å². The Hall–Kier alpha value is -1.26. The number of rotatable bonds is 11. The minimum atomic E-state index is 0.133. The summed E-state index contributed by atoms with van der Waals surface area (Å²) in [5.74, 6) is 2.09. The molecule has 0 aliphatic heterocycles. The molecule has 1 rings (SSSR count). The van der Waals surface area contributed by atoms with E-state index < -0.39 is 0 Å². The molecule has 4 nitrogen and oxygen atoms in total. The van der Waals surface area contributed by atoms with Gasteiger partial charge in [-0.3, -0.25) is 0 Å². The average Bonchev–Trinajstić information content (AvgIpc) is 2.53. The zero-order valence-electron chi connectivity index (χ0n) is 14.2. The smallest absolute Gasteiger partial charge is 0.161 e. The molecule has 2 atom stereocenters. The number of aliphatic hydroxyl groups is 1. The van der Waals surface area contributed by atoms with Gasteiger partial charge in [-0.2, -0.15) is 0 Å². The maximum atomic E-state index is 9.36. The van der Waals surface area contributed by atoms with Gasteiger partial charge >= 0.3 is 0 Å². The van der Waals surface area contributed by atoms with Gasteiger partial charge in [-0.1, -0.05) is 26.8 Å². The average molecular weight is 309 g/mol. The quantitative estimate of drug-likeness (QED) is 0.659. The van der Waals surface area contributed by atoms with Crippen molar-refractivity contribution in [2.24, 2.45) is 17.6 Å². The zero-order chi connectivity index (χ0) is 16.4. The fourth-order valence-electron chi connectivity index (χ4n) is 2.36. The second-order valence-electron chi connectivity index (χ2n) is 5.84. The molecular weight excluding hydrogens is 278 g/mol. The molecule has 0 aliphatic carbocycles. The van der Waals surface area contributed by atoms with E-state index in [0.717, 1.165) is 30.8 Å². The van der Waals surface area contributed by atoms with E-state index in [1.54, 1.807) is 0 Å². The van der Waals surface area contributed by atoms with Gasteiger partial charge in [-0.15, -0.1) is 0 Å². The summed E-state index contributed by atoms with van der Waals surface area (Å²) in [6.45, 7) is 8.32. The van der Waals surface area contributed by atoms with Crippen molar-refractivity contribution < 1.29 is 14.6 Å². The maximum absolute atomic E-state index is 9.36. The Labute approximate surface area is 134 Å². The number of aliphatic hydroxyl groups excluding tert-OH is 1. The summed E-state index contributed by atoms with van der Waals surface area (Å²) < 4.78 is 11.6. The lowest BCUT2D eigenvalue weighted by Crippen LogP contribution is -2.26. The third-order valence-corrected chi connectivity index (χ3v) is 3.83. The Morgan fingerprint density at radius 2 is 1.73 bits per heavy atom. The van der Waals surface area contributed by atoms with Crippen LogP contribution in [-0.4, -0.2) is 31.5 Å². The first-order chi connectivity index (χ1) is 10.7. The summed E-state index contributed by atoms with van der Waals surface area (Å²) in [7, 11) is 0. The van der Waals surface area contributed by atoms with Crippen LogP contribution in [0, 0.1) is 11.8 Å². The number of ether oxygens (including phenoxy) is 2. The van der Waals surface area contributed by atoms with Gasteiger partial charge in [0.15, 0.2) is 11.5 Å². The van der Waals surface area contributed by atoms with E-state index in [1.807, 2.05) is 6.07 Å². The van der Waals surface area contributed by atoms with Gasteiger partial charge in [0.25, 0.3) is 0 Å². The van der Waals surface area contributed by atoms with E-state index in [-0.39, 0.29) is 12.5 Å². The highest BCUT2D eigenvalue weighted by Gasteiger charge is 2.16. The number of hydrogen-bond acceptors (Lipinski definition) is 4. The first kappa shape index (κ1) is 18.8. The Bertz CT molecular complexity index is 419. The second-order valence-corrected chi connectivity index (χ2v) is 5.84. The predicted octanol–water partition coefficient (Wildman–Crippen LogP) is 3.01. The van der Waals surface area contributed by atoms with Crippen molar-refractivity contribution in [2.75, 3.05) is 26.4 Å². The molecule has 0 bridgehead atoms. The molecule has 1 aromatic rings. The van der Waals surface area contributed by atoms with Gasteiger partial charge in [0.2, 0.25) is 0 Å². The molecule has 0 saturated heterocycles. The summed E-state index contributed by atoms with van der Waals surface area (Å²) >= 11 is 0. The minimum absolute atomic E-state index is 0.133. The van der Waals surface area contributed by atoms with Crippen LogP contribution >= 0.6 is 0 Å². The predicted molar refractivity (Wildman–Crippen MR) is 90.5 cm³/mol. The van der Waals surface area contributed by atoms with Crippen LogP contribution in [0.1, 0.15) is 39.2 Å². The molecule has 126 valence electrons. The van der Waals surface area contributed by atoms with Crippen molar-refractivity contribution >= 4 is 0 Å². The highest BCUT2D eigenvalue weighted by molar-refractivity contribution is 5.43. The van der Waals surface area contributed by atoms with Crippen molar-refractivity contribution in [2.45, 2.75) is 40.0 Å². The van der Waals surface area contributed by atoms with Crippen LogP contribution in [0.15, 0.2) is 18.2 Å². The fraction of sp³-hybridized carbons (Fsp3) is 0.667. The zero-order valence-corrected chi connectivity index (χ0v) is 14.2. The molecule has 2 unspecified atom stereocenters. The fourth-order valence-corrected chi connectivity index (χ4v) is 2.36. The summed E-state index contributed by atoms with van der Waals surface area (Å²) in [5, 5.41) is 9.36. The van der Waals surface area contributed by atoms with Crippen molar-refractivity contribution in [3.8, 4) is 11.5 Å². The van der Waals surface area contributed by atoms with Gasteiger partial charge in [0.1, 0.15) is 0 Å². The van der Waals surface area contributed by atoms with Crippen molar-refractivity contribution in [3.05, 3.63) is 23.8 Å². The molecule has 0 aliphatic rings. The van der Waals surface area contributed by atoms with E-state index in [9.17, 15) is 5.11 Å². The van der Waals surface area contributed by atoms with Crippen LogP contribution in [-0.2, 0) is 6.42 Å². The third kappa shape index (κ3) is 5.85.